The second kappa shape index (κ2) is 8.92. The zero-order valence-electron chi connectivity index (χ0n) is 14.6. The summed E-state index contributed by atoms with van der Waals surface area (Å²) >= 11 is 0. The van der Waals surface area contributed by atoms with E-state index in [0.717, 1.165) is 32.7 Å². The quantitative estimate of drug-likeness (QED) is 0.455. The Morgan fingerprint density at radius 2 is 1.69 bits per heavy atom. The summed E-state index contributed by atoms with van der Waals surface area (Å²) < 4.78 is 0. The Hall–Kier alpha value is -2.99. The van der Waals surface area contributed by atoms with Gasteiger partial charge in [0.1, 0.15) is 0 Å². The van der Waals surface area contributed by atoms with Gasteiger partial charge in [0.2, 0.25) is 0 Å². The molecule has 1 saturated heterocycles. The number of para-hydroxylation sites is 1. The molecule has 0 spiro atoms. The molecule has 1 fully saturated rings. The number of piperazine rings is 1. The van der Waals surface area contributed by atoms with Crippen molar-refractivity contribution in [3.05, 3.63) is 81.9 Å². The number of rotatable bonds is 6. The molecular formula is C20H22N4O2. The molecule has 1 aliphatic heterocycles. The van der Waals surface area contributed by atoms with Crippen LogP contribution in [0.25, 0.3) is 6.08 Å². The van der Waals surface area contributed by atoms with Gasteiger partial charge in [0.05, 0.1) is 10.5 Å². The van der Waals surface area contributed by atoms with Gasteiger partial charge in [-0.25, -0.2) is 0 Å². The summed E-state index contributed by atoms with van der Waals surface area (Å²) in [6.07, 6.45) is 5.16. The SMILES string of the molecule is O=[N+]([O-])c1ccccc1/C=C/C=N/N1CCN(Cc2ccccc2)CC1. The first kappa shape index (κ1) is 17.8. The summed E-state index contributed by atoms with van der Waals surface area (Å²) in [5.74, 6) is 0. The van der Waals surface area contributed by atoms with Crippen LogP contribution in [0.5, 0.6) is 0 Å². The second-order valence-electron chi connectivity index (χ2n) is 6.15. The molecular weight excluding hydrogens is 328 g/mol. The van der Waals surface area contributed by atoms with Crippen molar-refractivity contribution in [3.63, 3.8) is 0 Å². The average molecular weight is 350 g/mol. The largest absolute Gasteiger partial charge is 0.295 e. The molecule has 0 radical (unpaired) electrons. The smallest absolute Gasteiger partial charge is 0.276 e. The van der Waals surface area contributed by atoms with Gasteiger partial charge >= 0.3 is 0 Å². The predicted molar refractivity (Wildman–Crippen MR) is 104 cm³/mol. The fourth-order valence-corrected chi connectivity index (χ4v) is 2.93. The van der Waals surface area contributed by atoms with E-state index in [1.807, 2.05) is 11.1 Å². The number of nitro groups is 1. The molecule has 0 amide bonds. The number of allylic oxidation sites excluding steroid dienone is 1. The molecule has 0 saturated carbocycles. The number of hydrazone groups is 1. The number of nitrogens with zero attached hydrogens (tertiary/aromatic N) is 4. The fourth-order valence-electron chi connectivity index (χ4n) is 2.93. The molecule has 26 heavy (non-hydrogen) atoms. The zero-order chi connectivity index (χ0) is 18.2. The van der Waals surface area contributed by atoms with Crippen molar-refractivity contribution in [2.75, 3.05) is 26.2 Å². The van der Waals surface area contributed by atoms with Crippen LogP contribution >= 0.6 is 0 Å². The maximum absolute atomic E-state index is 11.0. The van der Waals surface area contributed by atoms with E-state index in [-0.39, 0.29) is 10.6 Å². The lowest BCUT2D eigenvalue weighted by molar-refractivity contribution is -0.385. The van der Waals surface area contributed by atoms with Crippen molar-refractivity contribution < 1.29 is 4.92 Å². The molecule has 0 aromatic heterocycles. The van der Waals surface area contributed by atoms with E-state index in [1.165, 1.54) is 11.6 Å². The van der Waals surface area contributed by atoms with E-state index in [0.29, 0.717) is 5.56 Å². The molecule has 0 N–H and O–H groups in total. The Balaban J connectivity index is 1.48. The van der Waals surface area contributed by atoms with Crippen LogP contribution in [0.3, 0.4) is 0 Å². The highest BCUT2D eigenvalue weighted by Crippen LogP contribution is 2.18. The molecule has 0 unspecified atom stereocenters. The molecule has 1 aliphatic rings. The fraction of sp³-hybridized carbons (Fsp3) is 0.250. The Kier molecular flexibility index (Phi) is 6.11. The average Bonchev–Trinajstić information content (AvgIpc) is 2.67. The molecule has 1 heterocycles. The maximum Gasteiger partial charge on any atom is 0.276 e. The first-order valence-corrected chi connectivity index (χ1v) is 8.68. The Morgan fingerprint density at radius 3 is 2.42 bits per heavy atom. The highest BCUT2D eigenvalue weighted by molar-refractivity contribution is 5.79. The third kappa shape index (κ3) is 5.00. The van der Waals surface area contributed by atoms with Gasteiger partial charge in [-0.3, -0.25) is 20.0 Å². The highest BCUT2D eigenvalue weighted by atomic mass is 16.6. The number of nitro benzene ring substituents is 1. The van der Waals surface area contributed by atoms with Crippen molar-refractivity contribution in [1.82, 2.24) is 9.91 Å². The summed E-state index contributed by atoms with van der Waals surface area (Å²) in [7, 11) is 0. The predicted octanol–water partition coefficient (Wildman–Crippen LogP) is 3.41. The monoisotopic (exact) mass is 350 g/mol. The van der Waals surface area contributed by atoms with Crippen molar-refractivity contribution in [2.24, 2.45) is 5.10 Å². The van der Waals surface area contributed by atoms with Crippen molar-refractivity contribution in [1.29, 1.82) is 0 Å². The summed E-state index contributed by atoms with van der Waals surface area (Å²) in [4.78, 5) is 13.0. The molecule has 3 rings (SSSR count). The van der Waals surface area contributed by atoms with Crippen LogP contribution in [0.2, 0.25) is 0 Å². The van der Waals surface area contributed by atoms with Crippen molar-refractivity contribution >= 4 is 18.0 Å². The van der Waals surface area contributed by atoms with Crippen LogP contribution in [0.15, 0.2) is 65.8 Å². The lowest BCUT2D eigenvalue weighted by Crippen LogP contribution is -2.43. The third-order valence-electron chi connectivity index (χ3n) is 4.32. The molecule has 134 valence electrons. The minimum absolute atomic E-state index is 0.103. The summed E-state index contributed by atoms with van der Waals surface area (Å²) in [5, 5.41) is 17.5. The van der Waals surface area contributed by atoms with Gasteiger partial charge in [-0.05, 0) is 23.8 Å². The van der Waals surface area contributed by atoms with Crippen molar-refractivity contribution in [3.8, 4) is 0 Å². The van der Waals surface area contributed by atoms with Gasteiger partial charge in [0.25, 0.3) is 5.69 Å². The third-order valence-corrected chi connectivity index (χ3v) is 4.32. The van der Waals surface area contributed by atoms with E-state index in [1.54, 1.807) is 36.6 Å². The van der Waals surface area contributed by atoms with Crippen LogP contribution in [0.1, 0.15) is 11.1 Å². The molecule has 2 aromatic carbocycles. The minimum atomic E-state index is -0.372. The van der Waals surface area contributed by atoms with Gasteiger partial charge in [-0.2, -0.15) is 5.10 Å². The van der Waals surface area contributed by atoms with Gasteiger partial charge in [0, 0.05) is 45.0 Å². The number of benzene rings is 2. The molecule has 6 heteroatoms. The lowest BCUT2D eigenvalue weighted by Gasteiger charge is -2.32. The van der Waals surface area contributed by atoms with E-state index in [4.69, 9.17) is 0 Å². The number of hydrogen-bond donors (Lipinski definition) is 0. The highest BCUT2D eigenvalue weighted by Gasteiger charge is 2.15. The molecule has 0 atom stereocenters. The van der Waals surface area contributed by atoms with Gasteiger partial charge in [-0.1, -0.05) is 42.5 Å². The normalized spacial score (nSPS) is 15.8. The van der Waals surface area contributed by atoms with Gasteiger partial charge in [0.15, 0.2) is 0 Å². The topological polar surface area (TPSA) is 62.0 Å². The zero-order valence-corrected chi connectivity index (χ0v) is 14.6. The lowest BCUT2D eigenvalue weighted by atomic mass is 10.1. The van der Waals surface area contributed by atoms with E-state index in [9.17, 15) is 10.1 Å². The first-order chi connectivity index (χ1) is 12.7. The standard InChI is InChI=1S/C20H22N4O2/c25-24(26)20-11-5-4-9-19(20)10-6-12-21-23-15-13-22(14-16-23)17-18-7-2-1-3-8-18/h1-12H,13-17H2/b10-6+,21-12+. The summed E-state index contributed by atoms with van der Waals surface area (Å²) in [5.41, 5.74) is 2.01. The Bertz CT molecular complexity index is 781. The van der Waals surface area contributed by atoms with Crippen LogP contribution in [0.4, 0.5) is 5.69 Å². The summed E-state index contributed by atoms with van der Waals surface area (Å²) in [6.45, 7) is 4.67. The van der Waals surface area contributed by atoms with E-state index >= 15 is 0 Å². The molecule has 0 bridgehead atoms. The van der Waals surface area contributed by atoms with Crippen LogP contribution in [-0.2, 0) is 6.54 Å². The first-order valence-electron chi connectivity index (χ1n) is 8.68. The van der Waals surface area contributed by atoms with Crippen LogP contribution < -0.4 is 0 Å². The van der Waals surface area contributed by atoms with Gasteiger partial charge < -0.3 is 0 Å². The number of hydrogen-bond acceptors (Lipinski definition) is 5. The Morgan fingerprint density at radius 1 is 1.00 bits per heavy atom. The maximum atomic E-state index is 11.0. The van der Waals surface area contributed by atoms with Crippen LogP contribution in [0, 0.1) is 10.1 Å². The van der Waals surface area contributed by atoms with E-state index < -0.39 is 0 Å². The molecule has 2 aromatic rings. The minimum Gasteiger partial charge on any atom is -0.295 e. The van der Waals surface area contributed by atoms with Gasteiger partial charge in [-0.15, -0.1) is 0 Å². The molecule has 0 aliphatic carbocycles. The second-order valence-corrected chi connectivity index (χ2v) is 6.15. The summed E-state index contributed by atoms with van der Waals surface area (Å²) in [6, 6.07) is 17.2. The van der Waals surface area contributed by atoms with Crippen molar-refractivity contribution in [2.45, 2.75) is 6.54 Å². The Labute approximate surface area is 153 Å². The molecule has 6 nitrogen and oxygen atoms in total. The van der Waals surface area contributed by atoms with Crippen LogP contribution in [-0.4, -0.2) is 47.2 Å². The van der Waals surface area contributed by atoms with E-state index in [2.05, 4.69) is 34.3 Å².